The molecule has 2 aliphatic rings. The molecule has 0 unspecified atom stereocenters. The zero-order chi connectivity index (χ0) is 32.4. The van der Waals surface area contributed by atoms with Crippen molar-refractivity contribution in [2.45, 2.75) is 12.8 Å². The standard InChI is InChI=1S/C41H31N5O2/c1-42-39(26-15-5-2-6-16-26)43-25-44-40(47)35-36(41(44)48)38-34(30-22-12-14-24-32(30)46(38)28-19-9-4-10-20-28)33-29-21-11-13-23-31(29)45(37(33)35)27-17-7-3-8-18-27/h2-9,11-19,21-24H,10,20,25H2,1H3,(H,42,43). The molecule has 1 aliphatic heterocycles. The van der Waals surface area contributed by atoms with Crippen LogP contribution in [0, 0.1) is 0 Å². The zero-order valence-electron chi connectivity index (χ0n) is 26.4. The fraction of sp³-hybridized carbons (Fsp3) is 0.0976. The number of amides is 2. The molecular formula is C41H31N5O2. The van der Waals surface area contributed by atoms with Gasteiger partial charge in [0.05, 0.1) is 39.9 Å². The number of imide groups is 1. The summed E-state index contributed by atoms with van der Waals surface area (Å²) >= 11 is 0. The van der Waals surface area contributed by atoms with Crippen LogP contribution in [-0.2, 0) is 0 Å². The summed E-state index contributed by atoms with van der Waals surface area (Å²) in [5, 5.41) is 7.34. The SMILES string of the molecule is CN=C(NCN1C(=O)c2c(c3c(c4ccccc4n3-c3ccccc3)c3c4ccccc4n(C4=CC=CCC4)c23)C1=O)c1ccccc1. The molecule has 0 bridgehead atoms. The monoisotopic (exact) mass is 625 g/mol. The number of nitrogens with zero attached hydrogens (tertiary/aromatic N) is 4. The summed E-state index contributed by atoms with van der Waals surface area (Å²) in [4.78, 5) is 35.5. The molecule has 5 aromatic carbocycles. The Labute approximate surface area is 276 Å². The lowest BCUT2D eigenvalue weighted by Crippen LogP contribution is -2.41. The van der Waals surface area contributed by atoms with E-state index < -0.39 is 0 Å². The number of amidine groups is 1. The average molecular weight is 626 g/mol. The Morgan fingerprint density at radius 2 is 1.27 bits per heavy atom. The smallest absolute Gasteiger partial charge is 0.265 e. The molecule has 2 aromatic heterocycles. The molecule has 1 N–H and O–H groups in total. The van der Waals surface area contributed by atoms with E-state index in [4.69, 9.17) is 0 Å². The van der Waals surface area contributed by atoms with Crippen LogP contribution in [0.5, 0.6) is 0 Å². The molecule has 9 rings (SSSR count). The van der Waals surface area contributed by atoms with Gasteiger partial charge in [-0.3, -0.25) is 19.5 Å². The highest BCUT2D eigenvalue weighted by atomic mass is 16.2. The minimum Gasteiger partial charge on any atom is -0.352 e. The van der Waals surface area contributed by atoms with Crippen molar-refractivity contribution < 1.29 is 9.59 Å². The molecule has 7 nitrogen and oxygen atoms in total. The number of carbonyl (C=O) groups excluding carboxylic acids is 2. The lowest BCUT2D eigenvalue weighted by Gasteiger charge is -2.17. The van der Waals surface area contributed by atoms with E-state index >= 15 is 0 Å². The van der Waals surface area contributed by atoms with Crippen LogP contribution in [0.15, 0.2) is 132 Å². The number of aromatic nitrogens is 2. The van der Waals surface area contributed by atoms with Crippen LogP contribution in [0.1, 0.15) is 39.1 Å². The van der Waals surface area contributed by atoms with Gasteiger partial charge < -0.3 is 14.5 Å². The van der Waals surface area contributed by atoms with Gasteiger partial charge in [0.15, 0.2) is 0 Å². The highest BCUT2D eigenvalue weighted by molar-refractivity contribution is 6.40. The van der Waals surface area contributed by atoms with Gasteiger partial charge in [0.2, 0.25) is 0 Å². The second-order valence-corrected chi connectivity index (χ2v) is 12.2. The third-order valence-corrected chi connectivity index (χ3v) is 9.61. The number of benzene rings is 5. The van der Waals surface area contributed by atoms with E-state index in [1.165, 1.54) is 4.90 Å². The second kappa shape index (κ2) is 11.0. The topological polar surface area (TPSA) is 71.6 Å². The van der Waals surface area contributed by atoms with E-state index in [0.717, 1.165) is 73.4 Å². The normalized spacial score (nSPS) is 14.9. The third kappa shape index (κ3) is 3.97. The fourth-order valence-corrected chi connectivity index (χ4v) is 7.60. The summed E-state index contributed by atoms with van der Waals surface area (Å²) in [6, 6.07) is 36.5. The predicted octanol–water partition coefficient (Wildman–Crippen LogP) is 8.30. The summed E-state index contributed by atoms with van der Waals surface area (Å²) in [5.74, 6) is -0.0415. The molecule has 1 aliphatic carbocycles. The fourth-order valence-electron chi connectivity index (χ4n) is 7.60. The number of hydrogen-bond acceptors (Lipinski definition) is 3. The second-order valence-electron chi connectivity index (χ2n) is 12.2. The van der Waals surface area contributed by atoms with Crippen LogP contribution in [0.2, 0.25) is 0 Å². The maximum Gasteiger partial charge on any atom is 0.265 e. The number of allylic oxidation sites excluding steroid dienone is 4. The van der Waals surface area contributed by atoms with Crippen LogP contribution in [0.25, 0.3) is 55.0 Å². The first-order chi connectivity index (χ1) is 23.7. The number of hydrogen-bond donors (Lipinski definition) is 1. The van der Waals surface area contributed by atoms with Gasteiger partial charge in [-0.15, -0.1) is 0 Å². The Morgan fingerprint density at radius 3 is 1.88 bits per heavy atom. The largest absolute Gasteiger partial charge is 0.352 e. The highest BCUT2D eigenvalue weighted by Gasteiger charge is 2.43. The molecule has 2 amide bonds. The quantitative estimate of drug-likeness (QED) is 0.119. The van der Waals surface area contributed by atoms with Gasteiger partial charge in [-0.2, -0.15) is 0 Å². The van der Waals surface area contributed by atoms with E-state index in [0.29, 0.717) is 17.0 Å². The van der Waals surface area contributed by atoms with Gasteiger partial charge in [-0.25, -0.2) is 0 Å². The summed E-state index contributed by atoms with van der Waals surface area (Å²) in [6.07, 6.45) is 8.10. The predicted molar refractivity (Wildman–Crippen MR) is 194 cm³/mol. The van der Waals surface area contributed by atoms with Gasteiger partial charge in [0, 0.05) is 45.5 Å². The molecule has 7 heteroatoms. The first kappa shape index (κ1) is 28.0. The van der Waals surface area contributed by atoms with Gasteiger partial charge in [-0.05, 0) is 43.2 Å². The van der Waals surface area contributed by atoms with Crippen molar-refractivity contribution in [1.29, 1.82) is 0 Å². The number of aliphatic imine (C=N–C) groups is 1. The Bertz CT molecular complexity index is 2550. The minimum absolute atomic E-state index is 0.0197. The van der Waals surface area contributed by atoms with Gasteiger partial charge >= 0.3 is 0 Å². The summed E-state index contributed by atoms with van der Waals surface area (Å²) in [6.45, 7) is -0.0197. The van der Waals surface area contributed by atoms with E-state index in [1.807, 2.05) is 66.7 Å². The average Bonchev–Trinajstić information content (AvgIpc) is 3.75. The zero-order valence-corrected chi connectivity index (χ0v) is 26.4. The molecule has 3 heterocycles. The lowest BCUT2D eigenvalue weighted by atomic mass is 9.97. The first-order valence-electron chi connectivity index (χ1n) is 16.2. The number of para-hydroxylation sites is 3. The molecule has 232 valence electrons. The Morgan fingerprint density at radius 1 is 0.708 bits per heavy atom. The molecule has 0 atom stereocenters. The Kier molecular flexibility index (Phi) is 6.40. The van der Waals surface area contributed by atoms with Crippen molar-refractivity contribution in [3.8, 4) is 5.69 Å². The van der Waals surface area contributed by atoms with E-state index in [-0.39, 0.29) is 18.5 Å². The number of carbonyl (C=O) groups is 2. The lowest BCUT2D eigenvalue weighted by molar-refractivity contribution is 0.0651. The molecule has 48 heavy (non-hydrogen) atoms. The van der Waals surface area contributed by atoms with Crippen molar-refractivity contribution in [2.75, 3.05) is 13.7 Å². The van der Waals surface area contributed by atoms with Gasteiger partial charge in [0.25, 0.3) is 11.8 Å². The van der Waals surface area contributed by atoms with Crippen molar-refractivity contribution in [3.05, 3.63) is 144 Å². The van der Waals surface area contributed by atoms with Gasteiger partial charge in [-0.1, -0.05) is 97.1 Å². The molecule has 0 saturated heterocycles. The van der Waals surface area contributed by atoms with Crippen molar-refractivity contribution in [2.24, 2.45) is 4.99 Å². The van der Waals surface area contributed by atoms with E-state index in [1.54, 1.807) is 7.05 Å². The van der Waals surface area contributed by atoms with Crippen molar-refractivity contribution in [1.82, 2.24) is 19.4 Å². The minimum atomic E-state index is -0.327. The summed E-state index contributed by atoms with van der Waals surface area (Å²) in [7, 11) is 1.70. The van der Waals surface area contributed by atoms with Crippen molar-refractivity contribution >= 4 is 67.0 Å². The van der Waals surface area contributed by atoms with E-state index in [2.05, 4.69) is 80.1 Å². The molecule has 7 aromatic rings. The molecule has 0 fully saturated rings. The maximum absolute atomic E-state index is 14.8. The Hall–Kier alpha value is -6.21. The van der Waals surface area contributed by atoms with Crippen LogP contribution >= 0.6 is 0 Å². The first-order valence-corrected chi connectivity index (χ1v) is 16.2. The Balaban J connectivity index is 1.40. The number of fused-ring (bicyclic) bond motifs is 10. The molecule has 0 radical (unpaired) electrons. The van der Waals surface area contributed by atoms with Crippen LogP contribution in [0.4, 0.5) is 0 Å². The summed E-state index contributed by atoms with van der Waals surface area (Å²) in [5.41, 5.74) is 7.29. The van der Waals surface area contributed by atoms with Gasteiger partial charge in [0.1, 0.15) is 5.84 Å². The molecule has 0 saturated carbocycles. The number of nitrogens with one attached hydrogen (secondary N) is 1. The van der Waals surface area contributed by atoms with Crippen LogP contribution < -0.4 is 5.32 Å². The van der Waals surface area contributed by atoms with Crippen LogP contribution in [-0.4, -0.2) is 45.4 Å². The van der Waals surface area contributed by atoms with Crippen LogP contribution in [0.3, 0.4) is 0 Å². The highest BCUT2D eigenvalue weighted by Crippen LogP contribution is 2.48. The summed E-state index contributed by atoms with van der Waals surface area (Å²) < 4.78 is 4.38. The molecular weight excluding hydrogens is 594 g/mol. The number of rotatable bonds is 5. The molecule has 0 spiro atoms. The van der Waals surface area contributed by atoms with E-state index in [9.17, 15) is 9.59 Å². The maximum atomic E-state index is 14.8. The third-order valence-electron chi connectivity index (χ3n) is 9.61. The van der Waals surface area contributed by atoms with Crippen molar-refractivity contribution in [3.63, 3.8) is 0 Å².